The van der Waals surface area contributed by atoms with Gasteiger partial charge in [-0.05, 0) is 63.9 Å². The predicted octanol–water partition coefficient (Wildman–Crippen LogP) is 3.99. The second kappa shape index (κ2) is 9.43. The monoisotopic (exact) mass is 434 g/mol. The van der Waals surface area contributed by atoms with Crippen molar-refractivity contribution in [3.05, 3.63) is 11.6 Å². The summed E-state index contributed by atoms with van der Waals surface area (Å²) < 4.78 is 11.5. The summed E-state index contributed by atoms with van der Waals surface area (Å²) in [6, 6.07) is 0. The van der Waals surface area contributed by atoms with Crippen molar-refractivity contribution in [3.63, 3.8) is 0 Å². The minimum Gasteiger partial charge on any atom is -0.462 e. The molecule has 0 amide bonds. The molecule has 2 fully saturated rings. The standard InChI is InChI=1S/C25H38O6/c1-6-25(4,5)24(29)31-21-10-14(2)9-16-11-20(27)15(3)19(23(16)21)8-7-18-12-17(26)13-22(28)30-18/h11,14-15,17-19,21,23,26H,6-10,12-13H2,1-5H3/t14-,15+,17-,18-,19-,21+,23+/m1/s1. The third kappa shape index (κ3) is 5.39. The van der Waals surface area contributed by atoms with Crippen LogP contribution in [-0.4, -0.2) is 41.1 Å². The summed E-state index contributed by atoms with van der Waals surface area (Å²) in [5.74, 6) is -0.193. The quantitative estimate of drug-likeness (QED) is 0.636. The maximum Gasteiger partial charge on any atom is 0.311 e. The van der Waals surface area contributed by atoms with E-state index in [2.05, 4.69) is 6.92 Å². The van der Waals surface area contributed by atoms with Crippen molar-refractivity contribution >= 4 is 17.7 Å². The van der Waals surface area contributed by atoms with E-state index in [0.29, 0.717) is 31.6 Å². The SMILES string of the molecule is CCC(C)(C)C(=O)O[C@H]1C[C@H](C)CC2=CC(=O)[C@@H](C)[C@@H](CC[C@@H]3C[C@@H](O)CC(=O)O3)[C@H]21. The molecule has 2 aliphatic carbocycles. The van der Waals surface area contributed by atoms with E-state index in [9.17, 15) is 19.5 Å². The van der Waals surface area contributed by atoms with Crippen molar-refractivity contribution < 1.29 is 29.0 Å². The van der Waals surface area contributed by atoms with E-state index < -0.39 is 11.5 Å². The molecule has 174 valence electrons. The zero-order chi connectivity index (χ0) is 22.9. The number of ether oxygens (including phenoxy) is 2. The molecule has 1 N–H and O–H groups in total. The zero-order valence-corrected chi connectivity index (χ0v) is 19.6. The molecule has 7 atom stereocenters. The maximum atomic E-state index is 12.9. The van der Waals surface area contributed by atoms with Crippen LogP contribution in [0, 0.1) is 29.1 Å². The molecule has 0 unspecified atom stereocenters. The van der Waals surface area contributed by atoms with Gasteiger partial charge in [0.05, 0.1) is 17.9 Å². The second-order valence-corrected chi connectivity index (χ2v) is 10.6. The Morgan fingerprint density at radius 1 is 1.19 bits per heavy atom. The molecule has 3 rings (SSSR count). The molecule has 6 heteroatoms. The van der Waals surface area contributed by atoms with E-state index in [4.69, 9.17) is 9.47 Å². The minimum absolute atomic E-state index is 0.0183. The lowest BCUT2D eigenvalue weighted by molar-refractivity contribution is -0.167. The molecule has 6 nitrogen and oxygen atoms in total. The average Bonchev–Trinajstić information content (AvgIpc) is 2.67. The van der Waals surface area contributed by atoms with Crippen LogP contribution in [0.1, 0.15) is 79.6 Å². The number of carbonyl (C=O) groups excluding carboxylic acids is 3. The van der Waals surface area contributed by atoms with Crippen LogP contribution in [-0.2, 0) is 23.9 Å². The highest BCUT2D eigenvalue weighted by Crippen LogP contribution is 2.47. The Morgan fingerprint density at radius 2 is 1.90 bits per heavy atom. The summed E-state index contributed by atoms with van der Waals surface area (Å²) in [5.41, 5.74) is 0.558. The first-order chi connectivity index (χ1) is 14.5. The summed E-state index contributed by atoms with van der Waals surface area (Å²) in [6.45, 7) is 9.90. The van der Waals surface area contributed by atoms with Crippen molar-refractivity contribution in [2.24, 2.45) is 29.1 Å². The molecule has 1 heterocycles. The molecule has 31 heavy (non-hydrogen) atoms. The molecular weight excluding hydrogens is 396 g/mol. The van der Waals surface area contributed by atoms with Gasteiger partial charge in [0.25, 0.3) is 0 Å². The minimum atomic E-state index is -0.660. The largest absolute Gasteiger partial charge is 0.462 e. The van der Waals surface area contributed by atoms with Gasteiger partial charge in [-0.3, -0.25) is 14.4 Å². The van der Waals surface area contributed by atoms with Crippen molar-refractivity contribution in [2.45, 2.75) is 97.9 Å². The normalized spacial score (nSPS) is 36.3. The van der Waals surface area contributed by atoms with Gasteiger partial charge in [-0.15, -0.1) is 0 Å². The molecule has 1 aliphatic heterocycles. The number of hydrogen-bond donors (Lipinski definition) is 1. The second-order valence-electron chi connectivity index (χ2n) is 10.6. The lowest BCUT2D eigenvalue weighted by Gasteiger charge is -2.46. The molecule has 1 saturated heterocycles. The lowest BCUT2D eigenvalue weighted by Crippen LogP contribution is -2.46. The molecule has 1 saturated carbocycles. The molecule has 0 aromatic heterocycles. The number of aliphatic hydroxyl groups is 1. The zero-order valence-electron chi connectivity index (χ0n) is 19.6. The first-order valence-corrected chi connectivity index (χ1v) is 11.8. The number of aliphatic hydroxyl groups excluding tert-OH is 1. The Morgan fingerprint density at radius 3 is 2.55 bits per heavy atom. The summed E-state index contributed by atoms with van der Waals surface area (Å²) in [7, 11) is 0. The fourth-order valence-corrected chi connectivity index (χ4v) is 5.35. The van der Waals surface area contributed by atoms with Crippen LogP contribution in [0.3, 0.4) is 0 Å². The van der Waals surface area contributed by atoms with Crippen LogP contribution >= 0.6 is 0 Å². The van der Waals surface area contributed by atoms with Crippen molar-refractivity contribution in [2.75, 3.05) is 0 Å². The number of rotatable bonds is 6. The van der Waals surface area contributed by atoms with Gasteiger partial charge in [0.2, 0.25) is 0 Å². The Kier molecular flexibility index (Phi) is 7.29. The van der Waals surface area contributed by atoms with Crippen LogP contribution in [0.15, 0.2) is 11.6 Å². The first kappa shape index (κ1) is 24.0. The van der Waals surface area contributed by atoms with E-state index in [1.807, 2.05) is 27.7 Å². The highest BCUT2D eigenvalue weighted by atomic mass is 16.6. The summed E-state index contributed by atoms with van der Waals surface area (Å²) in [4.78, 5) is 37.3. The van der Waals surface area contributed by atoms with E-state index in [-0.39, 0.29) is 54.1 Å². The van der Waals surface area contributed by atoms with Gasteiger partial charge in [0, 0.05) is 18.3 Å². The Labute approximate surface area is 185 Å². The van der Waals surface area contributed by atoms with Gasteiger partial charge in [0.15, 0.2) is 5.78 Å². The molecule has 0 radical (unpaired) electrons. The Balaban J connectivity index is 1.80. The van der Waals surface area contributed by atoms with Gasteiger partial charge in [-0.1, -0.05) is 26.3 Å². The Bertz CT molecular complexity index is 738. The van der Waals surface area contributed by atoms with Crippen LogP contribution in [0.4, 0.5) is 0 Å². The topological polar surface area (TPSA) is 89.9 Å². The van der Waals surface area contributed by atoms with E-state index in [1.54, 1.807) is 6.08 Å². The number of fused-ring (bicyclic) bond motifs is 1. The van der Waals surface area contributed by atoms with E-state index >= 15 is 0 Å². The summed E-state index contributed by atoms with van der Waals surface area (Å²) in [5, 5.41) is 9.92. The Hall–Kier alpha value is -1.69. The number of carbonyl (C=O) groups is 3. The smallest absolute Gasteiger partial charge is 0.311 e. The number of ketones is 1. The van der Waals surface area contributed by atoms with Crippen LogP contribution < -0.4 is 0 Å². The summed E-state index contributed by atoms with van der Waals surface area (Å²) >= 11 is 0. The molecule has 3 aliphatic rings. The first-order valence-electron chi connectivity index (χ1n) is 11.8. The predicted molar refractivity (Wildman–Crippen MR) is 116 cm³/mol. The van der Waals surface area contributed by atoms with E-state index in [0.717, 1.165) is 18.4 Å². The number of esters is 2. The molecular formula is C25H38O6. The lowest BCUT2D eigenvalue weighted by atomic mass is 9.62. The van der Waals surface area contributed by atoms with Crippen LogP contribution in [0.2, 0.25) is 0 Å². The van der Waals surface area contributed by atoms with Gasteiger partial charge < -0.3 is 14.6 Å². The fraction of sp³-hybridized carbons (Fsp3) is 0.800. The van der Waals surface area contributed by atoms with Gasteiger partial charge in [-0.2, -0.15) is 0 Å². The number of hydrogen-bond acceptors (Lipinski definition) is 6. The van der Waals surface area contributed by atoms with Gasteiger partial charge in [-0.25, -0.2) is 0 Å². The third-order valence-corrected chi connectivity index (χ3v) is 7.68. The van der Waals surface area contributed by atoms with Crippen molar-refractivity contribution in [3.8, 4) is 0 Å². The van der Waals surface area contributed by atoms with Gasteiger partial charge in [0.1, 0.15) is 12.2 Å². The maximum absolute atomic E-state index is 12.9. The highest BCUT2D eigenvalue weighted by molar-refractivity contribution is 5.93. The van der Waals surface area contributed by atoms with Gasteiger partial charge >= 0.3 is 11.9 Å². The summed E-state index contributed by atoms with van der Waals surface area (Å²) in [6.07, 6.45) is 4.69. The highest BCUT2D eigenvalue weighted by Gasteiger charge is 2.46. The number of allylic oxidation sites excluding steroid dienone is 1. The molecule has 0 aromatic carbocycles. The third-order valence-electron chi connectivity index (χ3n) is 7.68. The molecule has 0 spiro atoms. The van der Waals surface area contributed by atoms with E-state index in [1.165, 1.54) is 0 Å². The average molecular weight is 435 g/mol. The van der Waals surface area contributed by atoms with Crippen molar-refractivity contribution in [1.82, 2.24) is 0 Å². The van der Waals surface area contributed by atoms with Crippen LogP contribution in [0.5, 0.6) is 0 Å². The number of cyclic esters (lactones) is 1. The van der Waals surface area contributed by atoms with Crippen LogP contribution in [0.25, 0.3) is 0 Å². The molecule has 0 bridgehead atoms. The molecule has 0 aromatic rings. The fourth-order valence-electron chi connectivity index (χ4n) is 5.35. The van der Waals surface area contributed by atoms with Crippen molar-refractivity contribution in [1.29, 1.82) is 0 Å².